The molecule has 2 rings (SSSR count). The molecule has 0 N–H and O–H groups in total. The van der Waals surface area contributed by atoms with E-state index in [1.807, 2.05) is 0 Å². The molecule has 0 aromatic heterocycles. The topological polar surface area (TPSA) is 54.5 Å². The van der Waals surface area contributed by atoms with Gasteiger partial charge in [-0.3, -0.25) is 4.79 Å². The lowest BCUT2D eigenvalue weighted by atomic mass is 10.2. The molecule has 1 aromatic rings. The first-order valence-electron chi connectivity index (χ1n) is 5.60. The highest BCUT2D eigenvalue weighted by Gasteiger charge is 2.39. The molecule has 1 amide bonds. The first-order valence-corrected chi connectivity index (χ1v) is 8.77. The largest absolute Gasteiger partial charge is 0.416 e. The Kier molecular flexibility index (Phi) is 4.29. The number of carbonyl (C=O) groups is 1. The van der Waals surface area contributed by atoms with Gasteiger partial charge in [0.2, 0.25) is 15.0 Å². The van der Waals surface area contributed by atoms with E-state index in [-0.39, 0.29) is 23.1 Å². The molecule has 1 aliphatic heterocycles. The predicted octanol–water partition coefficient (Wildman–Crippen LogP) is 3.14. The fourth-order valence-electron chi connectivity index (χ4n) is 1.99. The lowest BCUT2D eigenvalue weighted by Gasteiger charge is -2.19. The summed E-state index contributed by atoms with van der Waals surface area (Å²) >= 11 is 3.06. The molecule has 1 unspecified atom stereocenters. The zero-order valence-electron chi connectivity index (χ0n) is 10.2. The number of carbonyl (C=O) groups excluding carboxylic acids is 1. The molecule has 21 heavy (non-hydrogen) atoms. The molecular formula is C11H8BrClF3NO3S. The molecular weight excluding hydrogens is 399 g/mol. The predicted molar refractivity (Wildman–Crippen MR) is 74.7 cm³/mol. The third-order valence-corrected chi connectivity index (χ3v) is 5.59. The van der Waals surface area contributed by atoms with Gasteiger partial charge in [-0.05, 0) is 34.1 Å². The molecule has 1 saturated heterocycles. The molecule has 1 fully saturated rings. The number of amides is 1. The van der Waals surface area contributed by atoms with E-state index in [1.54, 1.807) is 0 Å². The molecule has 1 heterocycles. The number of nitrogens with zero attached hydrogens (tertiary/aromatic N) is 1. The zero-order valence-corrected chi connectivity index (χ0v) is 13.4. The highest BCUT2D eigenvalue weighted by atomic mass is 79.9. The van der Waals surface area contributed by atoms with Crippen LogP contribution in [0.15, 0.2) is 22.7 Å². The van der Waals surface area contributed by atoms with Crippen molar-refractivity contribution in [3.05, 3.63) is 28.2 Å². The highest BCUT2D eigenvalue weighted by Crippen LogP contribution is 2.37. The molecule has 4 nitrogen and oxygen atoms in total. The van der Waals surface area contributed by atoms with E-state index >= 15 is 0 Å². The number of halogens is 5. The second-order valence-corrected chi connectivity index (χ2v) is 8.23. The Morgan fingerprint density at radius 1 is 1.33 bits per heavy atom. The summed E-state index contributed by atoms with van der Waals surface area (Å²) in [5.41, 5.74) is -0.955. The normalized spacial score (nSPS) is 20.1. The minimum absolute atomic E-state index is 0.0300. The van der Waals surface area contributed by atoms with E-state index in [0.717, 1.165) is 23.1 Å². The fraction of sp³-hybridized carbons (Fsp3) is 0.364. The smallest absolute Gasteiger partial charge is 0.310 e. The van der Waals surface area contributed by atoms with Crippen LogP contribution >= 0.6 is 26.6 Å². The van der Waals surface area contributed by atoms with Gasteiger partial charge >= 0.3 is 6.18 Å². The molecule has 1 aliphatic rings. The SMILES string of the molecule is O=C1CC(S(=O)(=O)Cl)CN1c1cc(C(F)(F)F)ccc1Br. The number of hydrogen-bond donors (Lipinski definition) is 0. The molecule has 0 spiro atoms. The monoisotopic (exact) mass is 405 g/mol. The van der Waals surface area contributed by atoms with Crippen molar-refractivity contribution in [3.8, 4) is 0 Å². The fourth-order valence-corrected chi connectivity index (χ4v) is 3.48. The number of alkyl halides is 3. The minimum Gasteiger partial charge on any atom is -0.310 e. The van der Waals surface area contributed by atoms with Gasteiger partial charge in [0.1, 0.15) is 5.25 Å². The van der Waals surface area contributed by atoms with Crippen LogP contribution in [0.4, 0.5) is 18.9 Å². The average Bonchev–Trinajstić information content (AvgIpc) is 2.70. The van der Waals surface area contributed by atoms with E-state index in [1.165, 1.54) is 0 Å². The highest BCUT2D eigenvalue weighted by molar-refractivity contribution is 9.10. The number of rotatable bonds is 2. The third kappa shape index (κ3) is 3.51. The summed E-state index contributed by atoms with van der Waals surface area (Å²) in [6.07, 6.45) is -4.91. The molecule has 0 bridgehead atoms. The van der Waals surface area contributed by atoms with E-state index in [9.17, 15) is 26.4 Å². The summed E-state index contributed by atoms with van der Waals surface area (Å²) in [5.74, 6) is -0.593. The Bertz CT molecular complexity index is 692. The van der Waals surface area contributed by atoms with Gasteiger partial charge in [-0.25, -0.2) is 8.42 Å². The average molecular weight is 407 g/mol. The van der Waals surface area contributed by atoms with Gasteiger partial charge in [0.05, 0.1) is 11.3 Å². The Labute approximate surface area is 131 Å². The lowest BCUT2D eigenvalue weighted by Crippen LogP contribution is -2.27. The maximum Gasteiger partial charge on any atom is 0.416 e. The van der Waals surface area contributed by atoms with Gasteiger partial charge in [0.25, 0.3) is 0 Å². The first-order chi connectivity index (χ1) is 9.50. The van der Waals surface area contributed by atoms with Crippen molar-refractivity contribution in [1.82, 2.24) is 0 Å². The lowest BCUT2D eigenvalue weighted by molar-refractivity contribution is -0.137. The van der Waals surface area contributed by atoms with Crippen molar-refractivity contribution in [1.29, 1.82) is 0 Å². The summed E-state index contributed by atoms with van der Waals surface area (Å²) in [6, 6.07) is 2.82. The van der Waals surface area contributed by atoms with Crippen LogP contribution in [0.25, 0.3) is 0 Å². The molecule has 0 aliphatic carbocycles. The van der Waals surface area contributed by atoms with Crippen LogP contribution in [0.1, 0.15) is 12.0 Å². The van der Waals surface area contributed by atoms with Gasteiger partial charge in [-0.2, -0.15) is 13.2 Å². The Morgan fingerprint density at radius 2 is 1.95 bits per heavy atom. The van der Waals surface area contributed by atoms with Crippen molar-refractivity contribution in [2.45, 2.75) is 17.8 Å². The van der Waals surface area contributed by atoms with Crippen molar-refractivity contribution >= 4 is 47.3 Å². The summed E-state index contributed by atoms with van der Waals surface area (Å²) in [5, 5.41) is -1.13. The zero-order chi connectivity index (χ0) is 16.0. The Morgan fingerprint density at radius 3 is 2.43 bits per heavy atom. The maximum absolute atomic E-state index is 12.7. The Balaban J connectivity index is 2.41. The van der Waals surface area contributed by atoms with Crippen LogP contribution < -0.4 is 4.90 Å². The van der Waals surface area contributed by atoms with E-state index < -0.39 is 31.9 Å². The summed E-state index contributed by atoms with van der Waals surface area (Å²) < 4.78 is 60.9. The van der Waals surface area contributed by atoms with Crippen molar-refractivity contribution in [3.63, 3.8) is 0 Å². The van der Waals surface area contributed by atoms with E-state index in [0.29, 0.717) is 0 Å². The van der Waals surface area contributed by atoms with E-state index in [4.69, 9.17) is 10.7 Å². The van der Waals surface area contributed by atoms with Gasteiger partial charge in [-0.1, -0.05) is 0 Å². The molecule has 1 aromatic carbocycles. The first kappa shape index (κ1) is 16.6. The number of benzene rings is 1. The molecule has 0 radical (unpaired) electrons. The summed E-state index contributed by atoms with van der Waals surface area (Å²) in [7, 11) is 1.25. The third-order valence-electron chi connectivity index (χ3n) is 3.05. The van der Waals surface area contributed by atoms with E-state index in [2.05, 4.69) is 15.9 Å². The van der Waals surface area contributed by atoms with Crippen LogP contribution in [0, 0.1) is 0 Å². The van der Waals surface area contributed by atoms with Gasteiger partial charge in [-0.15, -0.1) is 0 Å². The number of hydrogen-bond acceptors (Lipinski definition) is 3. The second kappa shape index (κ2) is 5.44. The maximum atomic E-state index is 12.7. The molecule has 0 saturated carbocycles. The van der Waals surface area contributed by atoms with Gasteiger partial charge in [0.15, 0.2) is 0 Å². The van der Waals surface area contributed by atoms with Gasteiger partial charge < -0.3 is 4.90 Å². The van der Waals surface area contributed by atoms with Crippen molar-refractivity contribution in [2.24, 2.45) is 0 Å². The van der Waals surface area contributed by atoms with Gasteiger partial charge in [0, 0.05) is 28.1 Å². The van der Waals surface area contributed by atoms with Crippen LogP contribution in [0.3, 0.4) is 0 Å². The molecule has 1 atom stereocenters. The van der Waals surface area contributed by atoms with Crippen molar-refractivity contribution < 1.29 is 26.4 Å². The van der Waals surface area contributed by atoms with Crippen LogP contribution in [0.2, 0.25) is 0 Å². The Hall–Kier alpha value is -0.800. The number of anilines is 1. The van der Waals surface area contributed by atoms with Crippen LogP contribution in [-0.4, -0.2) is 26.1 Å². The standard InChI is InChI=1S/C11H8BrClF3NO3S/c12-8-2-1-6(11(14,15)16)3-9(8)17-5-7(4-10(17)18)21(13,19)20/h1-3,7H,4-5H2. The summed E-state index contributed by atoms with van der Waals surface area (Å²) in [4.78, 5) is 12.8. The second-order valence-electron chi connectivity index (χ2n) is 4.47. The minimum atomic E-state index is -4.56. The van der Waals surface area contributed by atoms with Crippen LogP contribution in [-0.2, 0) is 20.0 Å². The summed E-state index contributed by atoms with van der Waals surface area (Å²) in [6.45, 7) is -0.273. The van der Waals surface area contributed by atoms with Crippen molar-refractivity contribution in [2.75, 3.05) is 11.4 Å². The molecule has 116 valence electrons. The molecule has 10 heteroatoms. The quantitative estimate of drug-likeness (QED) is 0.709. The van der Waals surface area contributed by atoms with Crippen LogP contribution in [0.5, 0.6) is 0 Å².